The first-order valence-corrected chi connectivity index (χ1v) is 5.23. The molecule has 3 nitrogen and oxygen atoms in total. The Bertz CT molecular complexity index is 164. The summed E-state index contributed by atoms with van der Waals surface area (Å²) in [5, 5.41) is 3.39. The van der Waals surface area contributed by atoms with Crippen molar-refractivity contribution in [2.75, 3.05) is 39.5 Å². The van der Waals surface area contributed by atoms with Crippen LogP contribution in [0.1, 0.15) is 13.3 Å². The van der Waals surface area contributed by atoms with E-state index in [0.29, 0.717) is 5.41 Å². The van der Waals surface area contributed by atoms with Crippen LogP contribution in [-0.2, 0) is 9.47 Å². The zero-order valence-corrected chi connectivity index (χ0v) is 8.34. The summed E-state index contributed by atoms with van der Waals surface area (Å²) in [5.74, 6) is 0.783. The van der Waals surface area contributed by atoms with E-state index in [4.69, 9.17) is 9.47 Å². The first kappa shape index (κ1) is 9.44. The Hall–Kier alpha value is -0.120. The summed E-state index contributed by atoms with van der Waals surface area (Å²) in [6.07, 6.45) is 1.28. The molecule has 0 aromatic heterocycles. The van der Waals surface area contributed by atoms with E-state index < -0.39 is 0 Å². The van der Waals surface area contributed by atoms with Gasteiger partial charge in [-0.15, -0.1) is 0 Å². The molecule has 1 unspecified atom stereocenters. The molecule has 1 N–H and O–H groups in total. The lowest BCUT2D eigenvalue weighted by molar-refractivity contribution is 0.103. The molecular weight excluding hydrogens is 166 g/mol. The molecule has 1 heterocycles. The SMILES string of the molecule is CCNCC1CC12COCCOC2. The van der Waals surface area contributed by atoms with Gasteiger partial charge < -0.3 is 14.8 Å². The number of hydrogen-bond donors (Lipinski definition) is 1. The highest BCUT2D eigenvalue weighted by molar-refractivity contribution is 5.03. The van der Waals surface area contributed by atoms with Crippen molar-refractivity contribution < 1.29 is 9.47 Å². The third kappa shape index (κ3) is 2.03. The van der Waals surface area contributed by atoms with Crippen LogP contribution in [0.3, 0.4) is 0 Å². The fourth-order valence-corrected chi connectivity index (χ4v) is 2.10. The molecule has 1 spiro atoms. The maximum atomic E-state index is 5.53. The third-order valence-electron chi connectivity index (χ3n) is 3.15. The maximum Gasteiger partial charge on any atom is 0.0700 e. The summed E-state index contributed by atoms with van der Waals surface area (Å²) in [4.78, 5) is 0. The van der Waals surface area contributed by atoms with E-state index in [2.05, 4.69) is 12.2 Å². The summed E-state index contributed by atoms with van der Waals surface area (Å²) in [6, 6.07) is 0. The maximum absolute atomic E-state index is 5.53. The predicted octanol–water partition coefficient (Wildman–Crippen LogP) is 0.649. The van der Waals surface area contributed by atoms with E-state index in [0.717, 1.165) is 45.4 Å². The van der Waals surface area contributed by atoms with Gasteiger partial charge in [-0.05, 0) is 25.4 Å². The van der Waals surface area contributed by atoms with Crippen molar-refractivity contribution in [1.29, 1.82) is 0 Å². The molecular formula is C10H19NO2. The fourth-order valence-electron chi connectivity index (χ4n) is 2.10. The average Bonchev–Trinajstić information content (AvgIpc) is 2.88. The average molecular weight is 185 g/mol. The summed E-state index contributed by atoms with van der Waals surface area (Å²) >= 11 is 0. The minimum absolute atomic E-state index is 0.374. The highest BCUT2D eigenvalue weighted by atomic mass is 16.5. The first-order valence-electron chi connectivity index (χ1n) is 5.23. The van der Waals surface area contributed by atoms with Gasteiger partial charge in [-0.25, -0.2) is 0 Å². The van der Waals surface area contributed by atoms with Crippen molar-refractivity contribution in [2.24, 2.45) is 11.3 Å². The summed E-state index contributed by atoms with van der Waals surface area (Å²) < 4.78 is 11.1. The van der Waals surface area contributed by atoms with Gasteiger partial charge in [-0.2, -0.15) is 0 Å². The predicted molar refractivity (Wildman–Crippen MR) is 50.7 cm³/mol. The van der Waals surface area contributed by atoms with Crippen molar-refractivity contribution in [2.45, 2.75) is 13.3 Å². The standard InChI is InChI=1S/C10H19NO2/c1-2-11-6-9-5-10(9)7-12-3-4-13-8-10/h9,11H,2-8H2,1H3. The van der Waals surface area contributed by atoms with Crippen LogP contribution in [0.4, 0.5) is 0 Å². The van der Waals surface area contributed by atoms with E-state index in [-0.39, 0.29) is 0 Å². The number of hydrogen-bond acceptors (Lipinski definition) is 3. The molecule has 1 atom stereocenters. The lowest BCUT2D eigenvalue weighted by Crippen LogP contribution is -2.23. The number of ether oxygens (including phenoxy) is 2. The molecule has 0 amide bonds. The van der Waals surface area contributed by atoms with Crippen molar-refractivity contribution in [3.8, 4) is 0 Å². The molecule has 1 aliphatic carbocycles. The molecule has 1 aliphatic heterocycles. The minimum Gasteiger partial charge on any atom is -0.378 e. The quantitative estimate of drug-likeness (QED) is 0.700. The van der Waals surface area contributed by atoms with Crippen LogP contribution < -0.4 is 5.32 Å². The minimum atomic E-state index is 0.374. The smallest absolute Gasteiger partial charge is 0.0700 e. The Balaban J connectivity index is 1.78. The molecule has 76 valence electrons. The number of nitrogens with one attached hydrogen (secondary N) is 1. The third-order valence-corrected chi connectivity index (χ3v) is 3.15. The van der Waals surface area contributed by atoms with Crippen LogP contribution in [0, 0.1) is 11.3 Å². The summed E-state index contributed by atoms with van der Waals surface area (Å²) in [5.41, 5.74) is 0.374. The monoisotopic (exact) mass is 185 g/mol. The van der Waals surface area contributed by atoms with Crippen LogP contribution >= 0.6 is 0 Å². The van der Waals surface area contributed by atoms with Gasteiger partial charge >= 0.3 is 0 Å². The topological polar surface area (TPSA) is 30.5 Å². The molecule has 3 heteroatoms. The van der Waals surface area contributed by atoms with E-state index >= 15 is 0 Å². The van der Waals surface area contributed by atoms with Gasteiger partial charge in [0.1, 0.15) is 0 Å². The second kappa shape index (κ2) is 3.95. The Labute approximate surface area is 79.8 Å². The molecule has 2 rings (SSSR count). The van der Waals surface area contributed by atoms with E-state index in [1.165, 1.54) is 6.42 Å². The van der Waals surface area contributed by atoms with Crippen LogP contribution in [-0.4, -0.2) is 39.5 Å². The molecule has 0 aromatic rings. The first-order chi connectivity index (χ1) is 6.37. The molecule has 0 radical (unpaired) electrons. The number of rotatable bonds is 3. The second-order valence-corrected chi connectivity index (χ2v) is 4.18. The molecule has 2 fully saturated rings. The molecule has 1 saturated carbocycles. The molecule has 0 bridgehead atoms. The Morgan fingerprint density at radius 3 is 2.62 bits per heavy atom. The second-order valence-electron chi connectivity index (χ2n) is 4.18. The van der Waals surface area contributed by atoms with Gasteiger partial charge in [0.25, 0.3) is 0 Å². The Morgan fingerprint density at radius 1 is 1.31 bits per heavy atom. The fraction of sp³-hybridized carbons (Fsp3) is 1.00. The zero-order chi connectivity index (χ0) is 9.15. The van der Waals surface area contributed by atoms with Gasteiger partial charge in [0.15, 0.2) is 0 Å². The molecule has 2 aliphatic rings. The van der Waals surface area contributed by atoms with Crippen LogP contribution in [0.25, 0.3) is 0 Å². The molecule has 0 aromatic carbocycles. The summed E-state index contributed by atoms with van der Waals surface area (Å²) in [6.45, 7) is 7.70. The van der Waals surface area contributed by atoms with Crippen molar-refractivity contribution in [3.63, 3.8) is 0 Å². The van der Waals surface area contributed by atoms with Gasteiger partial charge in [-0.1, -0.05) is 6.92 Å². The lowest BCUT2D eigenvalue weighted by atomic mass is 10.1. The molecule has 1 saturated heterocycles. The van der Waals surface area contributed by atoms with Crippen LogP contribution in [0.2, 0.25) is 0 Å². The van der Waals surface area contributed by atoms with Gasteiger partial charge in [-0.3, -0.25) is 0 Å². The highest BCUT2D eigenvalue weighted by Crippen LogP contribution is 2.53. The van der Waals surface area contributed by atoms with Gasteiger partial charge in [0.2, 0.25) is 0 Å². The van der Waals surface area contributed by atoms with Crippen molar-refractivity contribution in [3.05, 3.63) is 0 Å². The van der Waals surface area contributed by atoms with Crippen LogP contribution in [0.5, 0.6) is 0 Å². The summed E-state index contributed by atoms with van der Waals surface area (Å²) in [7, 11) is 0. The van der Waals surface area contributed by atoms with E-state index in [1.807, 2.05) is 0 Å². The van der Waals surface area contributed by atoms with Crippen molar-refractivity contribution in [1.82, 2.24) is 5.32 Å². The van der Waals surface area contributed by atoms with Crippen LogP contribution in [0.15, 0.2) is 0 Å². The zero-order valence-electron chi connectivity index (χ0n) is 8.34. The van der Waals surface area contributed by atoms with Gasteiger partial charge in [0, 0.05) is 5.41 Å². The Kier molecular flexibility index (Phi) is 2.86. The van der Waals surface area contributed by atoms with Gasteiger partial charge in [0.05, 0.1) is 26.4 Å². The highest BCUT2D eigenvalue weighted by Gasteiger charge is 2.54. The molecule has 13 heavy (non-hydrogen) atoms. The largest absolute Gasteiger partial charge is 0.378 e. The Morgan fingerprint density at radius 2 is 2.00 bits per heavy atom. The van der Waals surface area contributed by atoms with Crippen molar-refractivity contribution >= 4 is 0 Å². The lowest BCUT2D eigenvalue weighted by Gasteiger charge is -2.12. The van der Waals surface area contributed by atoms with E-state index in [9.17, 15) is 0 Å². The normalized spacial score (nSPS) is 31.6. The van der Waals surface area contributed by atoms with E-state index in [1.54, 1.807) is 0 Å².